The lowest BCUT2D eigenvalue weighted by Gasteiger charge is -2.14. The third-order valence-corrected chi connectivity index (χ3v) is 4.83. The summed E-state index contributed by atoms with van der Waals surface area (Å²) in [6.07, 6.45) is 1.23. The van der Waals surface area contributed by atoms with Crippen molar-refractivity contribution in [2.45, 2.75) is 25.3 Å². The van der Waals surface area contributed by atoms with Gasteiger partial charge in [0.25, 0.3) is 0 Å². The Labute approximate surface area is 112 Å². The van der Waals surface area contributed by atoms with Crippen molar-refractivity contribution < 1.29 is 0 Å². The van der Waals surface area contributed by atoms with E-state index in [1.165, 1.54) is 21.7 Å². The topological polar surface area (TPSA) is 38.0 Å². The summed E-state index contributed by atoms with van der Waals surface area (Å²) >= 11 is 1.84. The number of aryl methyl sites for hydroxylation is 1. The summed E-state index contributed by atoms with van der Waals surface area (Å²) < 4.78 is 0. The average molecular weight is 258 g/mol. The van der Waals surface area contributed by atoms with Gasteiger partial charge in [0.15, 0.2) is 0 Å². The first-order valence-electron chi connectivity index (χ1n) is 6.37. The van der Waals surface area contributed by atoms with Crippen LogP contribution in [0, 0.1) is 12.8 Å². The molecule has 1 aliphatic rings. The van der Waals surface area contributed by atoms with Crippen LogP contribution >= 0.6 is 11.3 Å². The molecule has 0 amide bonds. The Morgan fingerprint density at radius 2 is 2.00 bits per heavy atom. The fourth-order valence-corrected chi connectivity index (χ4v) is 3.72. The van der Waals surface area contributed by atoms with Crippen LogP contribution in [-0.2, 0) is 0 Å². The smallest absolute Gasteiger partial charge is 0.0587 e. The highest BCUT2D eigenvalue weighted by atomic mass is 32.1. The van der Waals surface area contributed by atoms with Crippen LogP contribution in [0.3, 0.4) is 0 Å². The van der Waals surface area contributed by atoms with Crippen LogP contribution in [0.2, 0.25) is 0 Å². The quantitative estimate of drug-likeness (QED) is 0.652. The molecule has 0 spiro atoms. The molecule has 3 rings (SSSR count). The van der Waals surface area contributed by atoms with Crippen LogP contribution < -0.4 is 11.3 Å². The molecule has 0 aliphatic heterocycles. The van der Waals surface area contributed by atoms with Gasteiger partial charge in [-0.25, -0.2) is 0 Å². The van der Waals surface area contributed by atoms with E-state index in [1.54, 1.807) is 0 Å². The third-order valence-electron chi connectivity index (χ3n) is 3.74. The second-order valence-electron chi connectivity index (χ2n) is 5.01. The molecule has 1 aliphatic carbocycles. The van der Waals surface area contributed by atoms with Gasteiger partial charge in [0, 0.05) is 9.75 Å². The molecule has 2 aromatic rings. The molecule has 0 radical (unpaired) electrons. The lowest BCUT2D eigenvalue weighted by molar-refractivity contribution is 0.495. The van der Waals surface area contributed by atoms with E-state index in [2.05, 4.69) is 54.8 Å². The SMILES string of the molecule is Cc1ccc(C(NN)C2CC2c2ccccc2)s1. The fraction of sp³-hybridized carbons (Fsp3) is 0.333. The minimum atomic E-state index is 0.300. The second kappa shape index (κ2) is 4.84. The summed E-state index contributed by atoms with van der Waals surface area (Å²) in [6.45, 7) is 2.14. The summed E-state index contributed by atoms with van der Waals surface area (Å²) in [5.41, 5.74) is 4.44. The van der Waals surface area contributed by atoms with Crippen molar-refractivity contribution in [2.24, 2.45) is 11.8 Å². The second-order valence-corrected chi connectivity index (χ2v) is 6.33. The summed E-state index contributed by atoms with van der Waals surface area (Å²) in [5, 5.41) is 0. The molecule has 3 heteroatoms. The Morgan fingerprint density at radius 1 is 1.22 bits per heavy atom. The maximum atomic E-state index is 5.75. The number of nitrogens with one attached hydrogen (secondary N) is 1. The van der Waals surface area contributed by atoms with Crippen LogP contribution in [-0.4, -0.2) is 0 Å². The minimum absolute atomic E-state index is 0.300. The first-order chi connectivity index (χ1) is 8.79. The van der Waals surface area contributed by atoms with Crippen molar-refractivity contribution in [3.8, 4) is 0 Å². The predicted octanol–water partition coefficient (Wildman–Crippen LogP) is 3.36. The van der Waals surface area contributed by atoms with Crippen molar-refractivity contribution in [2.75, 3.05) is 0 Å². The normalized spacial score (nSPS) is 23.9. The van der Waals surface area contributed by atoms with Gasteiger partial charge >= 0.3 is 0 Å². The number of hydrogen-bond acceptors (Lipinski definition) is 3. The molecule has 3 N–H and O–H groups in total. The molecule has 1 saturated carbocycles. The van der Waals surface area contributed by atoms with Crippen molar-refractivity contribution in [3.63, 3.8) is 0 Å². The highest BCUT2D eigenvalue weighted by Crippen LogP contribution is 2.54. The van der Waals surface area contributed by atoms with Crippen molar-refractivity contribution in [1.29, 1.82) is 0 Å². The first kappa shape index (κ1) is 11.9. The maximum absolute atomic E-state index is 5.75. The van der Waals surface area contributed by atoms with Gasteiger partial charge in [-0.15, -0.1) is 11.3 Å². The zero-order chi connectivity index (χ0) is 12.5. The molecule has 1 aromatic heterocycles. The Kier molecular flexibility index (Phi) is 3.20. The molecule has 18 heavy (non-hydrogen) atoms. The first-order valence-corrected chi connectivity index (χ1v) is 7.18. The molecule has 3 atom stereocenters. The van der Waals surface area contributed by atoms with Crippen LogP contribution in [0.15, 0.2) is 42.5 Å². The van der Waals surface area contributed by atoms with Gasteiger partial charge in [-0.3, -0.25) is 11.3 Å². The largest absolute Gasteiger partial charge is 0.271 e. The highest BCUT2D eigenvalue weighted by Gasteiger charge is 2.44. The molecule has 3 unspecified atom stereocenters. The van der Waals surface area contributed by atoms with E-state index in [9.17, 15) is 0 Å². The minimum Gasteiger partial charge on any atom is -0.271 e. The zero-order valence-corrected chi connectivity index (χ0v) is 11.3. The van der Waals surface area contributed by atoms with Crippen LogP contribution in [0.25, 0.3) is 0 Å². The van der Waals surface area contributed by atoms with Crippen molar-refractivity contribution in [1.82, 2.24) is 5.43 Å². The van der Waals surface area contributed by atoms with Crippen molar-refractivity contribution >= 4 is 11.3 Å². The maximum Gasteiger partial charge on any atom is 0.0587 e. The van der Waals surface area contributed by atoms with E-state index >= 15 is 0 Å². The monoisotopic (exact) mass is 258 g/mol. The molecule has 2 nitrogen and oxygen atoms in total. The van der Waals surface area contributed by atoms with Crippen LogP contribution in [0.5, 0.6) is 0 Å². The Bertz CT molecular complexity index is 520. The highest BCUT2D eigenvalue weighted by molar-refractivity contribution is 7.12. The zero-order valence-electron chi connectivity index (χ0n) is 10.5. The average Bonchev–Trinajstić information content (AvgIpc) is 3.07. The molecule has 1 fully saturated rings. The molecule has 94 valence electrons. The van der Waals surface area contributed by atoms with E-state index in [-0.39, 0.29) is 0 Å². The molecule has 1 aromatic carbocycles. The summed E-state index contributed by atoms with van der Waals surface area (Å²) in [6, 6.07) is 15.4. The molecule has 0 saturated heterocycles. The van der Waals surface area contributed by atoms with Gasteiger partial charge in [-0.1, -0.05) is 30.3 Å². The predicted molar refractivity (Wildman–Crippen MR) is 76.4 cm³/mol. The molecule has 0 bridgehead atoms. The van der Waals surface area contributed by atoms with Crippen LogP contribution in [0.4, 0.5) is 0 Å². The van der Waals surface area contributed by atoms with Gasteiger partial charge in [0.1, 0.15) is 0 Å². The Balaban J connectivity index is 1.76. The Hall–Kier alpha value is -1.16. The van der Waals surface area contributed by atoms with Crippen molar-refractivity contribution in [3.05, 3.63) is 57.8 Å². The van der Waals surface area contributed by atoms with Gasteiger partial charge in [-0.2, -0.15) is 0 Å². The van der Waals surface area contributed by atoms with E-state index in [0.29, 0.717) is 17.9 Å². The lowest BCUT2D eigenvalue weighted by Crippen LogP contribution is -2.29. The molecule has 1 heterocycles. The fourth-order valence-electron chi connectivity index (χ4n) is 2.70. The van der Waals surface area contributed by atoms with E-state index < -0.39 is 0 Å². The van der Waals surface area contributed by atoms with Crippen LogP contribution in [0.1, 0.15) is 33.7 Å². The van der Waals surface area contributed by atoms with Gasteiger partial charge in [0.05, 0.1) is 6.04 Å². The lowest BCUT2D eigenvalue weighted by atomic mass is 10.0. The van der Waals surface area contributed by atoms with Gasteiger partial charge in [-0.05, 0) is 42.9 Å². The van der Waals surface area contributed by atoms with Gasteiger partial charge in [0.2, 0.25) is 0 Å². The standard InChI is InChI=1S/C15H18N2S/c1-10-7-8-14(18-10)15(17-16)13-9-12(13)11-5-3-2-4-6-11/h2-8,12-13,15,17H,9,16H2,1H3. The van der Waals surface area contributed by atoms with Gasteiger partial charge < -0.3 is 0 Å². The number of rotatable bonds is 4. The number of hydrogen-bond donors (Lipinski definition) is 2. The number of nitrogens with two attached hydrogens (primary N) is 1. The third kappa shape index (κ3) is 2.21. The Morgan fingerprint density at radius 3 is 2.61 bits per heavy atom. The summed E-state index contributed by atoms with van der Waals surface area (Å²) in [5.74, 6) is 7.05. The summed E-state index contributed by atoms with van der Waals surface area (Å²) in [4.78, 5) is 2.71. The molecular formula is C15H18N2S. The summed E-state index contributed by atoms with van der Waals surface area (Å²) in [7, 11) is 0. The molecular weight excluding hydrogens is 240 g/mol. The number of thiophene rings is 1. The van der Waals surface area contributed by atoms with E-state index in [0.717, 1.165) is 0 Å². The number of hydrazine groups is 1. The number of benzene rings is 1. The van der Waals surface area contributed by atoms with E-state index in [4.69, 9.17) is 5.84 Å². The van der Waals surface area contributed by atoms with E-state index in [1.807, 2.05) is 11.3 Å².